The average molecular weight is 607 g/mol. The predicted octanol–water partition coefficient (Wildman–Crippen LogP) is 3.86. The number of nitriles is 1. The summed E-state index contributed by atoms with van der Waals surface area (Å²) in [4.78, 5) is 25.5. The number of nitrogen functional groups attached to an aromatic ring is 2. The van der Waals surface area contributed by atoms with Crippen molar-refractivity contribution in [2.24, 2.45) is 0 Å². The molecule has 13 heteroatoms. The highest BCUT2D eigenvalue weighted by Crippen LogP contribution is 2.50. The van der Waals surface area contributed by atoms with Crippen LogP contribution in [0.15, 0.2) is 18.3 Å². The van der Waals surface area contributed by atoms with E-state index in [0.717, 1.165) is 56.4 Å². The number of halogens is 1. The van der Waals surface area contributed by atoms with Crippen molar-refractivity contribution >= 4 is 34.1 Å². The number of hydrogen-bond donors (Lipinski definition) is 2. The lowest BCUT2D eigenvalue weighted by molar-refractivity contribution is 0.280. The molecule has 3 aliphatic heterocycles. The summed E-state index contributed by atoms with van der Waals surface area (Å²) >= 11 is 1.56. The van der Waals surface area contributed by atoms with Crippen molar-refractivity contribution in [1.29, 1.82) is 5.26 Å². The number of aromatic nitrogens is 4. The minimum atomic E-state index is -0.518. The van der Waals surface area contributed by atoms with Crippen molar-refractivity contribution < 1.29 is 9.13 Å². The zero-order valence-corrected chi connectivity index (χ0v) is 25.8. The fourth-order valence-corrected chi connectivity index (χ4v) is 8.30. The zero-order chi connectivity index (χ0) is 30.3. The first-order valence-electron chi connectivity index (χ1n) is 14.9. The Balaban J connectivity index is 0.000000310. The predicted molar refractivity (Wildman–Crippen MR) is 166 cm³/mol. The number of thiophene rings is 1. The molecule has 43 heavy (non-hydrogen) atoms. The number of nitrogens with two attached hydrogens (primary N) is 2. The Labute approximate surface area is 255 Å². The van der Waals surface area contributed by atoms with Crippen LogP contribution in [-0.4, -0.2) is 77.4 Å². The standard InChI is InChI=1S/C23H27N9OS.C7H12FN/c1-13(14-6-5-9-27-18(14)25)31(2)20-28-21(30-22(29-20)33-3)32-11-23(12-32)8-4-7-16-17(23)15(10-24)19(26)34-16;8-6-4-7-2-1-3-9(7)5-6/h5-6,9,13H,4,7-8,11-12,26H2,1-3H3,(H2,25,27);6-7H,1-5H2. The summed E-state index contributed by atoms with van der Waals surface area (Å²) in [7, 11) is 3.46. The number of fused-ring (bicyclic) bond motifs is 3. The molecule has 1 aliphatic carbocycles. The Kier molecular flexibility index (Phi) is 8.00. The molecule has 0 saturated carbocycles. The molecule has 3 saturated heterocycles. The van der Waals surface area contributed by atoms with Crippen LogP contribution in [0.4, 0.5) is 27.1 Å². The molecule has 4 N–H and O–H groups in total. The lowest BCUT2D eigenvalue weighted by Crippen LogP contribution is -2.61. The third kappa shape index (κ3) is 5.42. The van der Waals surface area contributed by atoms with Crippen molar-refractivity contribution in [1.82, 2.24) is 24.8 Å². The second-order valence-electron chi connectivity index (χ2n) is 12.1. The Morgan fingerprint density at radius 2 is 2.07 bits per heavy atom. The van der Waals surface area contributed by atoms with Gasteiger partial charge in [0.1, 0.15) is 23.1 Å². The molecular weight excluding hydrogens is 567 g/mol. The van der Waals surface area contributed by atoms with E-state index in [-0.39, 0.29) is 17.5 Å². The summed E-state index contributed by atoms with van der Waals surface area (Å²) in [5, 5.41) is 10.4. The van der Waals surface area contributed by atoms with Gasteiger partial charge in [-0.25, -0.2) is 9.37 Å². The van der Waals surface area contributed by atoms with Gasteiger partial charge in [0, 0.05) is 54.8 Å². The first-order chi connectivity index (χ1) is 20.7. The summed E-state index contributed by atoms with van der Waals surface area (Å²) in [5.74, 6) is 1.52. The van der Waals surface area contributed by atoms with Gasteiger partial charge in [0.05, 0.1) is 18.7 Å². The third-order valence-corrected chi connectivity index (χ3v) is 10.5. The Morgan fingerprint density at radius 1 is 1.26 bits per heavy atom. The van der Waals surface area contributed by atoms with Gasteiger partial charge in [0.2, 0.25) is 11.9 Å². The van der Waals surface area contributed by atoms with Gasteiger partial charge >= 0.3 is 6.01 Å². The van der Waals surface area contributed by atoms with Crippen LogP contribution in [0.1, 0.15) is 66.6 Å². The summed E-state index contributed by atoms with van der Waals surface area (Å²) in [6.07, 6.45) is 7.58. The van der Waals surface area contributed by atoms with Gasteiger partial charge in [0.15, 0.2) is 0 Å². The van der Waals surface area contributed by atoms with Crippen LogP contribution in [0.2, 0.25) is 0 Å². The molecule has 3 fully saturated rings. The molecule has 3 atom stereocenters. The van der Waals surface area contributed by atoms with E-state index in [4.69, 9.17) is 21.2 Å². The third-order valence-electron chi connectivity index (χ3n) is 9.43. The second-order valence-corrected chi connectivity index (χ2v) is 13.2. The van der Waals surface area contributed by atoms with Crippen LogP contribution < -0.4 is 26.0 Å². The topological polar surface area (TPSA) is 146 Å². The van der Waals surface area contributed by atoms with E-state index in [1.165, 1.54) is 17.7 Å². The number of methoxy groups -OCH3 is 1. The molecule has 0 amide bonds. The van der Waals surface area contributed by atoms with Crippen LogP contribution in [0.5, 0.6) is 6.01 Å². The molecule has 11 nitrogen and oxygen atoms in total. The van der Waals surface area contributed by atoms with E-state index in [2.05, 4.69) is 30.8 Å². The molecule has 4 aliphatic rings. The summed E-state index contributed by atoms with van der Waals surface area (Å²) in [6, 6.07) is 6.90. The maximum atomic E-state index is 12.6. The van der Waals surface area contributed by atoms with Gasteiger partial charge in [0.25, 0.3) is 0 Å². The largest absolute Gasteiger partial charge is 0.467 e. The van der Waals surface area contributed by atoms with Crippen LogP contribution in [0.3, 0.4) is 0 Å². The van der Waals surface area contributed by atoms with E-state index in [1.807, 2.05) is 31.0 Å². The summed E-state index contributed by atoms with van der Waals surface area (Å²) in [6.45, 7) is 5.34. The molecule has 3 aromatic rings. The maximum Gasteiger partial charge on any atom is 0.322 e. The molecule has 0 aromatic carbocycles. The van der Waals surface area contributed by atoms with Crippen molar-refractivity contribution in [3.05, 3.63) is 39.9 Å². The monoisotopic (exact) mass is 606 g/mol. The van der Waals surface area contributed by atoms with E-state index >= 15 is 0 Å². The van der Waals surface area contributed by atoms with E-state index in [1.54, 1.807) is 24.6 Å². The second kappa shape index (κ2) is 11.7. The van der Waals surface area contributed by atoms with Crippen LogP contribution in [0.25, 0.3) is 0 Å². The number of anilines is 4. The van der Waals surface area contributed by atoms with Crippen LogP contribution in [-0.2, 0) is 11.8 Å². The quantitative estimate of drug-likeness (QED) is 0.436. The Hall–Kier alpha value is -3.76. The van der Waals surface area contributed by atoms with Gasteiger partial charge < -0.3 is 26.0 Å². The number of ether oxygens (including phenoxy) is 1. The van der Waals surface area contributed by atoms with Gasteiger partial charge in [-0.15, -0.1) is 11.3 Å². The number of pyridine rings is 1. The Morgan fingerprint density at radius 3 is 2.79 bits per heavy atom. The van der Waals surface area contributed by atoms with E-state index in [0.29, 0.717) is 40.9 Å². The molecule has 228 valence electrons. The number of rotatable bonds is 5. The summed E-state index contributed by atoms with van der Waals surface area (Å²) in [5.41, 5.74) is 14.9. The van der Waals surface area contributed by atoms with Gasteiger partial charge in [-0.2, -0.15) is 20.2 Å². The highest BCUT2D eigenvalue weighted by molar-refractivity contribution is 7.16. The average Bonchev–Trinajstić information content (AvgIpc) is 3.67. The van der Waals surface area contributed by atoms with Crippen molar-refractivity contribution in [2.75, 3.05) is 61.6 Å². The zero-order valence-electron chi connectivity index (χ0n) is 25.0. The highest BCUT2D eigenvalue weighted by atomic mass is 32.1. The lowest BCUT2D eigenvalue weighted by Gasteiger charge is -2.52. The summed E-state index contributed by atoms with van der Waals surface area (Å²) < 4.78 is 18.0. The van der Waals surface area contributed by atoms with Crippen molar-refractivity contribution in [2.45, 2.75) is 69.1 Å². The fraction of sp³-hybridized carbons (Fsp3) is 0.567. The number of nitrogens with zero attached hydrogens (tertiary/aromatic N) is 8. The molecule has 3 unspecified atom stereocenters. The first kappa shape index (κ1) is 29.3. The number of aryl methyl sites for hydroxylation is 1. The number of alkyl halides is 1. The van der Waals surface area contributed by atoms with Crippen LogP contribution in [0, 0.1) is 11.3 Å². The number of hydrogen-bond acceptors (Lipinski definition) is 12. The van der Waals surface area contributed by atoms with E-state index < -0.39 is 6.17 Å². The lowest BCUT2D eigenvalue weighted by atomic mass is 9.66. The van der Waals surface area contributed by atoms with Crippen molar-refractivity contribution in [3.8, 4) is 12.1 Å². The van der Waals surface area contributed by atoms with Gasteiger partial charge in [-0.1, -0.05) is 6.07 Å². The fourth-order valence-electron chi connectivity index (χ4n) is 7.12. The van der Waals surface area contributed by atoms with Gasteiger partial charge in [-0.05, 0) is 63.6 Å². The Bertz CT molecular complexity index is 1510. The molecule has 0 radical (unpaired) electrons. The van der Waals surface area contributed by atoms with Gasteiger partial charge in [-0.3, -0.25) is 4.90 Å². The maximum absolute atomic E-state index is 12.6. The molecular formula is C30H39FN10OS. The molecule has 6 heterocycles. The molecule has 7 rings (SSSR count). The molecule has 0 bridgehead atoms. The van der Waals surface area contributed by atoms with Crippen molar-refractivity contribution in [3.63, 3.8) is 0 Å². The molecule has 3 aromatic heterocycles. The van der Waals surface area contributed by atoms with Crippen LogP contribution >= 0.6 is 11.3 Å². The first-order valence-corrected chi connectivity index (χ1v) is 15.7. The smallest absolute Gasteiger partial charge is 0.322 e. The minimum Gasteiger partial charge on any atom is -0.467 e. The highest BCUT2D eigenvalue weighted by Gasteiger charge is 2.50. The molecule has 1 spiro atoms. The normalized spacial score (nSPS) is 22.5. The minimum absolute atomic E-state index is 0.0872. The van der Waals surface area contributed by atoms with E-state index in [9.17, 15) is 9.65 Å². The SMILES string of the molecule is COc1nc(N2CC3(CCCc4sc(N)c(C#N)c43)C2)nc(N(C)C(C)c2cccnc2N)n1.FC1CC2CCCN2C1.